The highest BCUT2D eigenvalue weighted by Gasteiger charge is 2.12. The van der Waals surface area contributed by atoms with Crippen LogP contribution in [0.3, 0.4) is 0 Å². The fraction of sp³-hybridized carbons (Fsp3) is 0.545. The Labute approximate surface area is 149 Å². The number of thiol groups is 1. The van der Waals surface area contributed by atoms with Gasteiger partial charge in [0.15, 0.2) is 0 Å². The summed E-state index contributed by atoms with van der Waals surface area (Å²) >= 11 is 4.55. The van der Waals surface area contributed by atoms with Crippen molar-refractivity contribution in [3.63, 3.8) is 0 Å². The fourth-order valence-electron chi connectivity index (χ4n) is 3.13. The second-order valence-electron chi connectivity index (χ2n) is 6.28. The molecule has 1 aromatic rings. The van der Waals surface area contributed by atoms with Crippen LogP contribution in [-0.2, 0) is 0 Å². The Morgan fingerprint density at radius 2 is 1.61 bits per heavy atom. The molecule has 0 saturated carbocycles. The van der Waals surface area contributed by atoms with Gasteiger partial charge in [-0.05, 0) is 60.1 Å². The molecule has 128 valence electrons. The van der Waals surface area contributed by atoms with Crippen molar-refractivity contribution in [1.82, 2.24) is 0 Å². The van der Waals surface area contributed by atoms with Crippen molar-refractivity contribution in [2.45, 2.75) is 84.0 Å². The summed E-state index contributed by atoms with van der Waals surface area (Å²) in [6, 6.07) is 8.68. The average molecular weight is 331 g/mol. The first-order valence-corrected chi connectivity index (χ1v) is 9.83. The van der Waals surface area contributed by atoms with Crippen LogP contribution >= 0.6 is 12.6 Å². The van der Waals surface area contributed by atoms with Crippen LogP contribution in [-0.4, -0.2) is 0 Å². The van der Waals surface area contributed by atoms with Gasteiger partial charge in [-0.15, -0.1) is 12.6 Å². The molecule has 0 unspecified atom stereocenters. The monoisotopic (exact) mass is 330 g/mol. The van der Waals surface area contributed by atoms with E-state index in [2.05, 4.69) is 70.7 Å². The van der Waals surface area contributed by atoms with Gasteiger partial charge < -0.3 is 0 Å². The van der Waals surface area contributed by atoms with Gasteiger partial charge in [0, 0.05) is 4.90 Å². The van der Waals surface area contributed by atoms with E-state index >= 15 is 0 Å². The second kappa shape index (κ2) is 11.6. The number of benzene rings is 1. The number of rotatable bonds is 10. The van der Waals surface area contributed by atoms with Crippen molar-refractivity contribution < 1.29 is 0 Å². The highest BCUT2D eigenvalue weighted by molar-refractivity contribution is 7.80. The van der Waals surface area contributed by atoms with E-state index < -0.39 is 0 Å². The quantitative estimate of drug-likeness (QED) is 0.327. The summed E-state index contributed by atoms with van der Waals surface area (Å²) in [5.74, 6) is 0. The van der Waals surface area contributed by atoms with Crippen LogP contribution in [0.25, 0.3) is 5.57 Å². The molecule has 1 aromatic carbocycles. The zero-order valence-electron chi connectivity index (χ0n) is 15.5. The predicted octanol–water partition coefficient (Wildman–Crippen LogP) is 7.86. The third kappa shape index (κ3) is 6.59. The van der Waals surface area contributed by atoms with Gasteiger partial charge in [-0.1, -0.05) is 71.6 Å². The van der Waals surface area contributed by atoms with Gasteiger partial charge in [0.2, 0.25) is 0 Å². The summed E-state index contributed by atoms with van der Waals surface area (Å²) in [6.45, 7) is 9.13. The lowest BCUT2D eigenvalue weighted by atomic mass is 9.87. The van der Waals surface area contributed by atoms with Gasteiger partial charge >= 0.3 is 0 Å². The minimum absolute atomic E-state index is 1.06. The number of unbranched alkanes of at least 4 members (excludes halogenated alkanes) is 1. The van der Waals surface area contributed by atoms with E-state index in [1.165, 1.54) is 50.5 Å². The zero-order chi connectivity index (χ0) is 17.1. The molecule has 0 aromatic heterocycles. The zero-order valence-corrected chi connectivity index (χ0v) is 16.4. The lowest BCUT2D eigenvalue weighted by molar-refractivity contribution is 0.830. The van der Waals surface area contributed by atoms with Crippen molar-refractivity contribution in [2.75, 3.05) is 0 Å². The molecule has 0 heterocycles. The molecule has 0 bridgehead atoms. The molecular formula is C22H34S. The third-order valence-electron chi connectivity index (χ3n) is 4.15. The molecule has 0 aliphatic heterocycles. The fourth-order valence-corrected chi connectivity index (χ4v) is 3.36. The van der Waals surface area contributed by atoms with Crippen molar-refractivity contribution >= 4 is 18.2 Å². The van der Waals surface area contributed by atoms with Gasteiger partial charge in [-0.3, -0.25) is 0 Å². The summed E-state index contributed by atoms with van der Waals surface area (Å²) in [5, 5.41) is 0. The van der Waals surface area contributed by atoms with Crippen molar-refractivity contribution in [1.29, 1.82) is 0 Å². The lowest BCUT2D eigenvalue weighted by Crippen LogP contribution is -1.98. The van der Waals surface area contributed by atoms with Crippen molar-refractivity contribution in [3.05, 3.63) is 47.1 Å². The maximum atomic E-state index is 4.55. The van der Waals surface area contributed by atoms with Crippen LogP contribution in [0.4, 0.5) is 0 Å². The molecule has 0 radical (unpaired) electrons. The largest absolute Gasteiger partial charge is 0.143 e. The van der Waals surface area contributed by atoms with Crippen LogP contribution < -0.4 is 0 Å². The maximum Gasteiger partial charge on any atom is 0.00460 e. The third-order valence-corrected chi connectivity index (χ3v) is 4.42. The Bertz CT molecular complexity index is 523. The second-order valence-corrected chi connectivity index (χ2v) is 6.79. The van der Waals surface area contributed by atoms with Crippen LogP contribution in [0.15, 0.2) is 46.4 Å². The Kier molecular flexibility index (Phi) is 10.1. The molecule has 0 saturated heterocycles. The van der Waals surface area contributed by atoms with Crippen molar-refractivity contribution in [2.24, 2.45) is 0 Å². The highest BCUT2D eigenvalue weighted by Crippen LogP contribution is 2.34. The van der Waals surface area contributed by atoms with Gasteiger partial charge in [0.1, 0.15) is 0 Å². The number of allylic oxidation sites excluding steroid dienone is 4. The van der Waals surface area contributed by atoms with Crippen molar-refractivity contribution in [3.8, 4) is 0 Å². The number of hydrogen-bond acceptors (Lipinski definition) is 1. The normalized spacial score (nSPS) is 13.2. The summed E-state index contributed by atoms with van der Waals surface area (Å²) in [6.07, 6.45) is 12.0. The molecule has 1 heteroatoms. The van der Waals surface area contributed by atoms with Crippen LogP contribution in [0.5, 0.6) is 0 Å². The maximum absolute atomic E-state index is 4.55. The molecule has 0 nitrogen and oxygen atoms in total. The minimum atomic E-state index is 1.06. The first-order valence-electron chi connectivity index (χ1n) is 9.38. The SMILES string of the molecule is CCC/C=C(CCC)/C(CCC)=C(/CCC)c1cccc(S)c1. The van der Waals surface area contributed by atoms with Gasteiger partial charge in [0.25, 0.3) is 0 Å². The van der Waals surface area contributed by atoms with E-state index in [0.717, 1.165) is 11.3 Å². The van der Waals surface area contributed by atoms with Crippen LogP contribution in [0.1, 0.15) is 84.6 Å². The first-order chi connectivity index (χ1) is 11.2. The Morgan fingerprint density at radius 3 is 2.17 bits per heavy atom. The van der Waals surface area contributed by atoms with Gasteiger partial charge in [-0.25, -0.2) is 0 Å². The predicted molar refractivity (Wildman–Crippen MR) is 108 cm³/mol. The molecular weight excluding hydrogens is 296 g/mol. The Balaban J connectivity index is 3.42. The summed E-state index contributed by atoms with van der Waals surface area (Å²) < 4.78 is 0. The minimum Gasteiger partial charge on any atom is -0.143 e. The van der Waals surface area contributed by atoms with E-state index in [-0.39, 0.29) is 0 Å². The molecule has 0 aliphatic carbocycles. The molecule has 0 amide bonds. The van der Waals surface area contributed by atoms with E-state index in [1.54, 1.807) is 16.7 Å². The lowest BCUT2D eigenvalue weighted by Gasteiger charge is -2.19. The average Bonchev–Trinajstić information content (AvgIpc) is 2.55. The van der Waals surface area contributed by atoms with E-state index in [1.807, 2.05) is 0 Å². The summed E-state index contributed by atoms with van der Waals surface area (Å²) in [4.78, 5) is 1.06. The Hall–Kier alpha value is -0.950. The molecule has 0 atom stereocenters. The topological polar surface area (TPSA) is 0 Å². The molecule has 0 fully saturated rings. The summed E-state index contributed by atoms with van der Waals surface area (Å²) in [7, 11) is 0. The number of hydrogen-bond donors (Lipinski definition) is 1. The molecule has 23 heavy (non-hydrogen) atoms. The first kappa shape index (κ1) is 20.1. The highest BCUT2D eigenvalue weighted by atomic mass is 32.1. The Morgan fingerprint density at radius 1 is 0.913 bits per heavy atom. The molecule has 0 spiro atoms. The molecule has 0 N–H and O–H groups in total. The van der Waals surface area contributed by atoms with Crippen LogP contribution in [0.2, 0.25) is 0 Å². The molecule has 1 rings (SSSR count). The van der Waals surface area contributed by atoms with Gasteiger partial charge in [-0.2, -0.15) is 0 Å². The molecule has 0 aliphatic rings. The smallest absolute Gasteiger partial charge is 0.00460 e. The van der Waals surface area contributed by atoms with Crippen LogP contribution in [0, 0.1) is 0 Å². The summed E-state index contributed by atoms with van der Waals surface area (Å²) in [5.41, 5.74) is 6.09. The standard InChI is InChI=1S/C22H34S/c1-5-9-14-18(11-6-2)21(12-7-3)22(13-8-4)19-15-10-16-20(23)17-19/h10,14-17,23H,5-9,11-13H2,1-4H3/b18-14+,22-21-. The van der Waals surface area contributed by atoms with Gasteiger partial charge in [0.05, 0.1) is 0 Å². The van der Waals surface area contributed by atoms with E-state index in [4.69, 9.17) is 0 Å². The van der Waals surface area contributed by atoms with E-state index in [0.29, 0.717) is 0 Å². The van der Waals surface area contributed by atoms with E-state index in [9.17, 15) is 0 Å².